The van der Waals surface area contributed by atoms with Crippen LogP contribution in [0.1, 0.15) is 52.9 Å². The zero-order valence-electron chi connectivity index (χ0n) is 21.9. The number of nitrogens with one attached hydrogen (secondary N) is 1. The Balaban J connectivity index is 1.27. The molecule has 1 N–H and O–H groups in total. The number of fused-ring (bicyclic) bond motifs is 1. The minimum absolute atomic E-state index is 0.0638. The number of imidazole rings is 1. The van der Waals surface area contributed by atoms with Gasteiger partial charge in [0.05, 0.1) is 12.3 Å². The number of hydrogen-bond acceptors (Lipinski definition) is 4. The lowest BCUT2D eigenvalue weighted by atomic mass is 10.1. The van der Waals surface area contributed by atoms with Gasteiger partial charge < -0.3 is 9.47 Å². The van der Waals surface area contributed by atoms with Crippen LogP contribution in [0.3, 0.4) is 0 Å². The number of amides is 1. The molecule has 1 fully saturated rings. The molecule has 2 unspecified atom stereocenters. The third-order valence-electron chi connectivity index (χ3n) is 7.86. The van der Waals surface area contributed by atoms with Gasteiger partial charge in [-0.2, -0.15) is 0 Å². The Labute approximate surface area is 229 Å². The Morgan fingerprint density at radius 1 is 1.05 bits per heavy atom. The average Bonchev–Trinajstić information content (AvgIpc) is 3.51. The van der Waals surface area contributed by atoms with Crippen LogP contribution in [0, 0.1) is 5.92 Å². The van der Waals surface area contributed by atoms with Crippen LogP contribution in [-0.2, 0) is 40.6 Å². The summed E-state index contributed by atoms with van der Waals surface area (Å²) in [5, 5.41) is 0. The molecule has 2 aliphatic rings. The summed E-state index contributed by atoms with van der Waals surface area (Å²) in [6.45, 7) is 0.351. The lowest BCUT2D eigenvalue weighted by Gasteiger charge is -2.25. The predicted octanol–water partition coefficient (Wildman–Crippen LogP) is 4.86. The number of nitrogens with zero attached hydrogens (tertiary/aromatic N) is 3. The van der Waals surface area contributed by atoms with E-state index in [1.54, 1.807) is 6.20 Å². The smallest absolute Gasteiger partial charge is 0.231 e. The topological polar surface area (TPSA) is 84.3 Å². The van der Waals surface area contributed by atoms with E-state index in [1.807, 2.05) is 89.4 Å². The third kappa shape index (κ3) is 5.53. The van der Waals surface area contributed by atoms with Crippen LogP contribution in [0.2, 0.25) is 0 Å². The predicted molar refractivity (Wildman–Crippen MR) is 151 cm³/mol. The fourth-order valence-electron chi connectivity index (χ4n) is 5.66. The number of benzene rings is 3. The fraction of sp³-hybridized carbons (Fsp3) is 0.290. The maximum absolute atomic E-state index is 13.9. The molecule has 1 heterocycles. The molecule has 200 valence electrons. The third-order valence-corrected chi connectivity index (χ3v) is 9.22. The van der Waals surface area contributed by atoms with Gasteiger partial charge in [0.25, 0.3) is 0 Å². The summed E-state index contributed by atoms with van der Waals surface area (Å²) in [6.07, 6.45) is 5.93. The fourth-order valence-corrected chi connectivity index (χ4v) is 7.05. The van der Waals surface area contributed by atoms with Crippen LogP contribution < -0.4 is 9.62 Å². The summed E-state index contributed by atoms with van der Waals surface area (Å²) in [5.41, 5.74) is 4.77. The van der Waals surface area contributed by atoms with Crippen LogP contribution in [0.4, 0.5) is 5.69 Å². The molecule has 1 saturated carbocycles. The molecule has 0 aliphatic heterocycles. The van der Waals surface area contributed by atoms with Crippen molar-refractivity contribution in [2.24, 2.45) is 13.0 Å². The zero-order valence-corrected chi connectivity index (χ0v) is 22.7. The van der Waals surface area contributed by atoms with Gasteiger partial charge in [0.2, 0.25) is 15.9 Å². The van der Waals surface area contributed by atoms with Gasteiger partial charge >= 0.3 is 0 Å². The molecule has 0 saturated heterocycles. The molecule has 2 aliphatic carbocycles. The van der Waals surface area contributed by atoms with Crippen LogP contribution in [0.25, 0.3) is 0 Å². The van der Waals surface area contributed by atoms with E-state index in [0.29, 0.717) is 13.0 Å². The number of carbonyl (C=O) groups excluding carboxylic acids is 1. The van der Waals surface area contributed by atoms with Gasteiger partial charge in [-0.3, -0.25) is 4.79 Å². The zero-order chi connectivity index (χ0) is 27.0. The highest BCUT2D eigenvalue weighted by atomic mass is 32.2. The van der Waals surface area contributed by atoms with E-state index in [-0.39, 0.29) is 29.5 Å². The van der Waals surface area contributed by atoms with E-state index in [4.69, 9.17) is 0 Å². The van der Waals surface area contributed by atoms with Gasteiger partial charge in [0.1, 0.15) is 5.82 Å². The number of rotatable bonds is 9. The summed E-state index contributed by atoms with van der Waals surface area (Å²) in [4.78, 5) is 20.2. The summed E-state index contributed by atoms with van der Waals surface area (Å²) < 4.78 is 30.9. The number of anilines is 1. The average molecular weight is 541 g/mol. The van der Waals surface area contributed by atoms with Crippen molar-refractivity contribution in [1.29, 1.82) is 0 Å². The summed E-state index contributed by atoms with van der Waals surface area (Å²) in [5.74, 6) is 0.939. The Kier molecular flexibility index (Phi) is 6.83. The molecule has 6 rings (SSSR count). The van der Waals surface area contributed by atoms with E-state index in [0.717, 1.165) is 41.0 Å². The highest BCUT2D eigenvalue weighted by Gasteiger charge is 2.46. The van der Waals surface area contributed by atoms with E-state index in [1.165, 1.54) is 5.56 Å². The molecule has 4 aromatic rings. The van der Waals surface area contributed by atoms with E-state index in [9.17, 15) is 13.2 Å². The molecule has 7 nitrogen and oxygen atoms in total. The Bertz CT molecular complexity index is 1580. The first-order valence-corrected chi connectivity index (χ1v) is 15.0. The molecule has 1 amide bonds. The first kappa shape index (κ1) is 25.5. The molecule has 3 atom stereocenters. The lowest BCUT2D eigenvalue weighted by molar-refractivity contribution is -0.120. The molecule has 3 aromatic carbocycles. The maximum atomic E-state index is 13.9. The second-order valence-corrected chi connectivity index (χ2v) is 12.3. The van der Waals surface area contributed by atoms with Crippen molar-refractivity contribution < 1.29 is 13.2 Å². The Morgan fingerprint density at radius 2 is 1.79 bits per heavy atom. The molecular formula is C31H32N4O3S. The van der Waals surface area contributed by atoms with E-state index in [2.05, 4.69) is 21.8 Å². The van der Waals surface area contributed by atoms with E-state index >= 15 is 0 Å². The van der Waals surface area contributed by atoms with Crippen LogP contribution in [0.5, 0.6) is 0 Å². The van der Waals surface area contributed by atoms with Gasteiger partial charge in [0, 0.05) is 37.1 Å². The SMILES string of the molecule is Cn1ccnc1CN(C(=O)C1CC1c1ccccc1)c1ccc2c(c1)[C@H](NS(=O)(=O)Cc1ccccc1)CC2. The highest BCUT2D eigenvalue weighted by Crippen LogP contribution is 2.49. The molecule has 0 radical (unpaired) electrons. The summed E-state index contributed by atoms with van der Waals surface area (Å²) in [6, 6.07) is 25.1. The first-order chi connectivity index (χ1) is 18.9. The van der Waals surface area contributed by atoms with Crippen molar-refractivity contribution in [3.8, 4) is 0 Å². The minimum Gasteiger partial charge on any atom is -0.337 e. The standard InChI is InChI=1S/C31H32N4O3S/c1-34-17-16-32-30(34)20-35(31(36)28-19-26(28)23-10-6-3-7-11-23)25-14-12-24-13-15-29(27(24)18-25)33-39(37,38)21-22-8-4-2-5-9-22/h2-12,14,16-18,26,28-29,33H,13,15,19-21H2,1H3/t26?,28?,29-/m1/s1. The van der Waals surface area contributed by atoms with Crippen LogP contribution in [-0.4, -0.2) is 23.9 Å². The van der Waals surface area contributed by atoms with Gasteiger partial charge in [-0.1, -0.05) is 66.7 Å². The minimum atomic E-state index is -3.54. The molecule has 39 heavy (non-hydrogen) atoms. The number of aryl methyl sites for hydroxylation is 2. The van der Waals surface area contributed by atoms with Crippen molar-refractivity contribution in [3.05, 3.63) is 119 Å². The number of carbonyl (C=O) groups is 1. The van der Waals surface area contributed by atoms with Crippen molar-refractivity contribution in [2.75, 3.05) is 4.90 Å². The second-order valence-electron chi connectivity index (χ2n) is 10.6. The van der Waals surface area contributed by atoms with Gasteiger partial charge in [-0.15, -0.1) is 0 Å². The quantitative estimate of drug-likeness (QED) is 0.329. The first-order valence-electron chi connectivity index (χ1n) is 13.4. The number of aromatic nitrogens is 2. The Morgan fingerprint density at radius 3 is 2.51 bits per heavy atom. The van der Waals surface area contributed by atoms with Crippen molar-refractivity contribution in [2.45, 2.75) is 43.5 Å². The van der Waals surface area contributed by atoms with Gasteiger partial charge in [-0.05, 0) is 59.6 Å². The van der Waals surface area contributed by atoms with Gasteiger partial charge in [-0.25, -0.2) is 18.1 Å². The number of sulfonamides is 1. The summed E-state index contributed by atoms with van der Waals surface area (Å²) >= 11 is 0. The molecule has 0 bridgehead atoms. The van der Waals surface area contributed by atoms with Gasteiger partial charge in [0.15, 0.2) is 0 Å². The molecule has 0 spiro atoms. The summed E-state index contributed by atoms with van der Waals surface area (Å²) in [7, 11) is -1.62. The normalized spacial score (nSPS) is 20.0. The Hall–Kier alpha value is -3.75. The molecular weight excluding hydrogens is 508 g/mol. The van der Waals surface area contributed by atoms with Crippen LogP contribution in [0.15, 0.2) is 91.3 Å². The maximum Gasteiger partial charge on any atom is 0.231 e. The lowest BCUT2D eigenvalue weighted by Crippen LogP contribution is -2.33. The molecule has 1 aromatic heterocycles. The van der Waals surface area contributed by atoms with Crippen LogP contribution >= 0.6 is 0 Å². The highest BCUT2D eigenvalue weighted by molar-refractivity contribution is 7.88. The number of hydrogen-bond donors (Lipinski definition) is 1. The van der Waals surface area contributed by atoms with Crippen molar-refractivity contribution in [1.82, 2.24) is 14.3 Å². The largest absolute Gasteiger partial charge is 0.337 e. The molecule has 8 heteroatoms. The monoisotopic (exact) mass is 540 g/mol. The second kappa shape index (κ2) is 10.4. The van der Waals surface area contributed by atoms with Crippen molar-refractivity contribution in [3.63, 3.8) is 0 Å². The van der Waals surface area contributed by atoms with E-state index < -0.39 is 10.0 Å². The van der Waals surface area contributed by atoms with Crippen molar-refractivity contribution >= 4 is 21.6 Å².